The third-order valence-electron chi connectivity index (χ3n) is 5.62. The molecule has 0 aliphatic rings. The second-order valence-corrected chi connectivity index (χ2v) is 8.11. The van der Waals surface area contributed by atoms with E-state index in [9.17, 15) is 14.4 Å². The molecular weight excluding hydrogens is 440 g/mol. The first kappa shape index (κ1) is 23.5. The lowest BCUT2D eigenvalue weighted by Gasteiger charge is -2.06. The molecule has 0 atom stereocenters. The van der Waals surface area contributed by atoms with Crippen LogP contribution in [-0.2, 0) is 11.3 Å². The van der Waals surface area contributed by atoms with Gasteiger partial charge in [0.15, 0.2) is 0 Å². The van der Waals surface area contributed by atoms with Gasteiger partial charge >= 0.3 is 0 Å². The van der Waals surface area contributed by atoms with Crippen molar-refractivity contribution in [3.63, 3.8) is 0 Å². The maximum Gasteiger partial charge on any atom is 0.296 e. The van der Waals surface area contributed by atoms with Gasteiger partial charge in [-0.15, -0.1) is 0 Å². The summed E-state index contributed by atoms with van der Waals surface area (Å²) in [4.78, 5) is 37.9. The van der Waals surface area contributed by atoms with E-state index in [1.54, 1.807) is 42.6 Å². The SMILES string of the molecule is CCCNC(=O)c1ccc(NC(=O)C(=O)c2cn(Cc3ccc(C#N)cc3)c3ccccc23)cc1. The second kappa shape index (κ2) is 10.5. The van der Waals surface area contributed by atoms with E-state index in [1.165, 1.54) is 0 Å². The Hall–Kier alpha value is -4.70. The molecule has 0 radical (unpaired) electrons. The van der Waals surface area contributed by atoms with Crippen molar-refractivity contribution in [2.45, 2.75) is 19.9 Å². The number of para-hydroxylation sites is 1. The Morgan fingerprint density at radius 2 is 1.66 bits per heavy atom. The van der Waals surface area contributed by atoms with E-state index in [4.69, 9.17) is 5.26 Å². The minimum absolute atomic E-state index is 0.184. The Kier molecular flexibility index (Phi) is 7.03. The summed E-state index contributed by atoms with van der Waals surface area (Å²) in [7, 11) is 0. The molecule has 2 amide bonds. The highest BCUT2D eigenvalue weighted by Crippen LogP contribution is 2.24. The minimum atomic E-state index is -0.755. The number of carbonyl (C=O) groups is 3. The number of fused-ring (bicyclic) bond motifs is 1. The Morgan fingerprint density at radius 3 is 2.34 bits per heavy atom. The van der Waals surface area contributed by atoms with Crippen LogP contribution in [0.3, 0.4) is 0 Å². The number of benzene rings is 3. The number of hydrogen-bond acceptors (Lipinski definition) is 4. The monoisotopic (exact) mass is 464 g/mol. The lowest BCUT2D eigenvalue weighted by molar-refractivity contribution is -0.112. The van der Waals surface area contributed by atoms with Crippen molar-refractivity contribution in [2.24, 2.45) is 0 Å². The van der Waals surface area contributed by atoms with Gasteiger partial charge in [-0.25, -0.2) is 0 Å². The maximum absolute atomic E-state index is 13.1. The number of nitrogens with one attached hydrogen (secondary N) is 2. The fourth-order valence-electron chi connectivity index (χ4n) is 3.80. The molecule has 0 aliphatic heterocycles. The van der Waals surface area contributed by atoms with Gasteiger partial charge in [-0.1, -0.05) is 37.3 Å². The van der Waals surface area contributed by atoms with Crippen LogP contribution < -0.4 is 10.6 Å². The second-order valence-electron chi connectivity index (χ2n) is 8.11. The summed E-state index contributed by atoms with van der Waals surface area (Å²) in [6.07, 6.45) is 2.53. The van der Waals surface area contributed by atoms with Crippen molar-refractivity contribution in [1.29, 1.82) is 5.26 Å². The van der Waals surface area contributed by atoms with Gasteiger partial charge in [0, 0.05) is 41.4 Å². The van der Waals surface area contributed by atoms with Crippen molar-refractivity contribution >= 4 is 34.2 Å². The number of ketones is 1. The summed E-state index contributed by atoms with van der Waals surface area (Å²) < 4.78 is 1.92. The number of anilines is 1. The highest BCUT2D eigenvalue weighted by molar-refractivity contribution is 6.48. The van der Waals surface area contributed by atoms with Crippen LogP contribution in [0.2, 0.25) is 0 Å². The lowest BCUT2D eigenvalue weighted by atomic mass is 10.1. The Balaban J connectivity index is 1.53. The smallest absolute Gasteiger partial charge is 0.296 e. The number of hydrogen-bond donors (Lipinski definition) is 2. The summed E-state index contributed by atoms with van der Waals surface area (Å²) >= 11 is 0. The average Bonchev–Trinajstić information content (AvgIpc) is 3.26. The third-order valence-corrected chi connectivity index (χ3v) is 5.62. The molecule has 0 unspecified atom stereocenters. The summed E-state index contributed by atoms with van der Waals surface area (Å²) in [6.45, 7) is 3.05. The largest absolute Gasteiger partial charge is 0.352 e. The van der Waals surface area contributed by atoms with Crippen LogP contribution in [-0.4, -0.2) is 28.7 Å². The normalized spacial score (nSPS) is 10.5. The molecule has 7 nitrogen and oxygen atoms in total. The van der Waals surface area contributed by atoms with E-state index < -0.39 is 11.7 Å². The molecule has 0 saturated carbocycles. The van der Waals surface area contributed by atoms with E-state index in [0.717, 1.165) is 17.5 Å². The third kappa shape index (κ3) is 5.28. The van der Waals surface area contributed by atoms with Crippen molar-refractivity contribution in [2.75, 3.05) is 11.9 Å². The first-order chi connectivity index (χ1) is 17.0. The predicted molar refractivity (Wildman–Crippen MR) is 134 cm³/mol. The fourth-order valence-corrected chi connectivity index (χ4v) is 3.80. The fraction of sp³-hybridized carbons (Fsp3) is 0.143. The van der Waals surface area contributed by atoms with Gasteiger partial charge in [-0.3, -0.25) is 14.4 Å². The van der Waals surface area contributed by atoms with Crippen LogP contribution >= 0.6 is 0 Å². The number of rotatable bonds is 8. The van der Waals surface area contributed by atoms with E-state index in [2.05, 4.69) is 16.7 Å². The number of aromatic nitrogens is 1. The number of nitrogens with zero attached hydrogens (tertiary/aromatic N) is 2. The lowest BCUT2D eigenvalue weighted by Crippen LogP contribution is -2.24. The van der Waals surface area contributed by atoms with E-state index >= 15 is 0 Å². The highest BCUT2D eigenvalue weighted by atomic mass is 16.2. The maximum atomic E-state index is 13.1. The van der Waals surface area contributed by atoms with Crippen LogP contribution in [0.1, 0.15) is 45.2 Å². The van der Waals surface area contributed by atoms with Crippen molar-refractivity contribution in [3.05, 3.63) is 101 Å². The molecule has 2 N–H and O–H groups in total. The number of Topliss-reactive ketones (excluding diaryl/α,β-unsaturated/α-hetero) is 1. The van der Waals surface area contributed by atoms with E-state index in [1.807, 2.05) is 47.9 Å². The van der Waals surface area contributed by atoms with Gasteiger partial charge in [-0.2, -0.15) is 5.26 Å². The van der Waals surface area contributed by atoms with Gasteiger partial charge in [0.2, 0.25) is 0 Å². The van der Waals surface area contributed by atoms with Crippen LogP contribution in [0.25, 0.3) is 10.9 Å². The zero-order chi connectivity index (χ0) is 24.8. The molecule has 0 bridgehead atoms. The van der Waals surface area contributed by atoms with Crippen LogP contribution in [0.15, 0.2) is 79.0 Å². The molecular formula is C28H24N4O3. The standard InChI is InChI=1S/C28H24N4O3/c1-2-15-30-27(34)21-11-13-22(14-12-21)31-28(35)26(33)24-18-32(25-6-4-3-5-23(24)25)17-20-9-7-19(16-29)8-10-20/h3-14,18H,2,15,17H2,1H3,(H,30,34)(H,31,35). The van der Waals surface area contributed by atoms with Gasteiger partial charge in [0.25, 0.3) is 17.6 Å². The Morgan fingerprint density at radius 1 is 0.943 bits per heavy atom. The quantitative estimate of drug-likeness (QED) is 0.295. The van der Waals surface area contributed by atoms with Crippen molar-refractivity contribution in [1.82, 2.24) is 9.88 Å². The molecule has 1 aromatic heterocycles. The van der Waals surface area contributed by atoms with Crippen molar-refractivity contribution in [3.8, 4) is 6.07 Å². The topological polar surface area (TPSA) is 104 Å². The molecule has 0 spiro atoms. The molecule has 35 heavy (non-hydrogen) atoms. The summed E-state index contributed by atoms with van der Waals surface area (Å²) in [5.74, 6) is -1.59. The average molecular weight is 465 g/mol. The summed E-state index contributed by atoms with van der Waals surface area (Å²) in [5, 5.41) is 15.1. The van der Waals surface area contributed by atoms with Crippen molar-refractivity contribution < 1.29 is 14.4 Å². The first-order valence-corrected chi connectivity index (χ1v) is 11.3. The first-order valence-electron chi connectivity index (χ1n) is 11.3. The molecule has 3 aromatic carbocycles. The molecule has 1 heterocycles. The molecule has 4 aromatic rings. The molecule has 7 heteroatoms. The molecule has 174 valence electrons. The Bertz CT molecular complexity index is 1430. The zero-order valence-corrected chi connectivity index (χ0v) is 19.2. The highest BCUT2D eigenvalue weighted by Gasteiger charge is 2.22. The van der Waals surface area contributed by atoms with Gasteiger partial charge in [0.1, 0.15) is 0 Å². The molecule has 4 rings (SSSR count). The Labute approximate surface area is 203 Å². The molecule has 0 saturated heterocycles. The number of nitriles is 1. The van der Waals surface area contributed by atoms with Gasteiger partial charge in [0.05, 0.1) is 17.2 Å². The van der Waals surface area contributed by atoms with E-state index in [0.29, 0.717) is 40.9 Å². The van der Waals surface area contributed by atoms with Gasteiger partial charge in [-0.05, 0) is 54.4 Å². The minimum Gasteiger partial charge on any atom is -0.352 e. The van der Waals surface area contributed by atoms with E-state index in [-0.39, 0.29) is 5.91 Å². The predicted octanol–water partition coefficient (Wildman–Crippen LogP) is 4.52. The summed E-state index contributed by atoms with van der Waals surface area (Å²) in [6, 6.07) is 23.2. The number of amides is 2. The van der Waals surface area contributed by atoms with Crippen LogP contribution in [0.5, 0.6) is 0 Å². The molecule has 0 aliphatic carbocycles. The van der Waals surface area contributed by atoms with Gasteiger partial charge < -0.3 is 15.2 Å². The van der Waals surface area contributed by atoms with Crippen LogP contribution in [0, 0.1) is 11.3 Å². The summed E-state index contributed by atoms with van der Waals surface area (Å²) in [5.41, 5.74) is 3.59. The molecule has 0 fully saturated rings. The zero-order valence-electron chi connectivity index (χ0n) is 19.2. The van der Waals surface area contributed by atoms with Crippen LogP contribution in [0.4, 0.5) is 5.69 Å². The number of carbonyl (C=O) groups excluding carboxylic acids is 3.